The van der Waals surface area contributed by atoms with Crippen molar-refractivity contribution in [3.05, 3.63) is 49.1 Å². The van der Waals surface area contributed by atoms with Crippen LogP contribution in [0.2, 0.25) is 0 Å². The summed E-state index contributed by atoms with van der Waals surface area (Å²) in [5.74, 6) is 1.37. The fraction of sp³-hybridized carbons (Fsp3) is 0.188. The molecule has 2 rings (SSSR count). The highest BCUT2D eigenvalue weighted by Crippen LogP contribution is 2.35. The van der Waals surface area contributed by atoms with Crippen molar-refractivity contribution in [3.8, 4) is 17.2 Å². The zero-order chi connectivity index (χ0) is 17.9. The molecule has 0 saturated carbocycles. The Labute approximate surface area is 166 Å². The number of phenolic OH excluding ortho intramolecular Hbond substituents is 1. The van der Waals surface area contributed by atoms with E-state index in [0.717, 1.165) is 7.14 Å². The summed E-state index contributed by atoms with van der Waals surface area (Å²) >= 11 is 4.20. The van der Waals surface area contributed by atoms with Crippen LogP contribution in [0, 0.1) is 7.14 Å². The molecule has 2 aromatic carbocycles. The quantitative estimate of drug-likeness (QED) is 0.417. The van der Waals surface area contributed by atoms with Crippen LogP contribution in [0.5, 0.6) is 17.2 Å². The minimum atomic E-state index is -1.18. The second-order valence-corrected chi connectivity index (χ2v) is 7.42. The number of aliphatic hydroxyl groups excluding tert-OH is 1. The standard InChI is InChI=1S/C16H15I2NO5/c1-8(19-16(22)23)14(21)9-6-12(17)15(13(18)7-9)24-11-4-2-10(20)3-5-11/h2-8,14,19-21H,1H3,(H,22,23). The number of aliphatic hydroxyl groups is 1. The van der Waals surface area contributed by atoms with Crippen molar-refractivity contribution >= 4 is 51.3 Å². The summed E-state index contributed by atoms with van der Waals surface area (Å²) in [4.78, 5) is 10.7. The molecular weight excluding hydrogens is 540 g/mol. The first kappa shape index (κ1) is 19.1. The third kappa shape index (κ3) is 4.86. The van der Waals surface area contributed by atoms with Crippen molar-refractivity contribution in [1.82, 2.24) is 5.32 Å². The SMILES string of the molecule is CC(NC(=O)O)C(O)c1cc(I)c(Oc2ccc(O)cc2)c(I)c1. The van der Waals surface area contributed by atoms with Crippen LogP contribution in [0.1, 0.15) is 18.6 Å². The van der Waals surface area contributed by atoms with E-state index < -0.39 is 18.2 Å². The molecule has 128 valence electrons. The molecule has 0 fully saturated rings. The summed E-state index contributed by atoms with van der Waals surface area (Å²) in [6.07, 6.45) is -2.15. The summed E-state index contributed by atoms with van der Waals surface area (Å²) < 4.78 is 7.40. The number of carbonyl (C=O) groups is 1. The van der Waals surface area contributed by atoms with Crippen LogP contribution in [0.25, 0.3) is 0 Å². The van der Waals surface area contributed by atoms with E-state index in [-0.39, 0.29) is 5.75 Å². The van der Waals surface area contributed by atoms with Gasteiger partial charge in [0.25, 0.3) is 0 Å². The van der Waals surface area contributed by atoms with Gasteiger partial charge in [0.15, 0.2) is 5.75 Å². The van der Waals surface area contributed by atoms with Crippen LogP contribution in [0.3, 0.4) is 0 Å². The van der Waals surface area contributed by atoms with Gasteiger partial charge in [-0.15, -0.1) is 0 Å². The highest BCUT2D eigenvalue weighted by Gasteiger charge is 2.21. The van der Waals surface area contributed by atoms with Crippen molar-refractivity contribution in [1.29, 1.82) is 0 Å². The first-order chi connectivity index (χ1) is 11.3. The number of hydrogen-bond acceptors (Lipinski definition) is 4. The summed E-state index contributed by atoms with van der Waals surface area (Å²) in [5, 5.41) is 30.6. The Balaban J connectivity index is 2.24. The van der Waals surface area contributed by atoms with Gasteiger partial charge in [-0.1, -0.05) is 0 Å². The lowest BCUT2D eigenvalue weighted by atomic mass is 10.0. The predicted octanol–water partition coefficient (Wildman–Crippen LogP) is 4.08. The third-order valence-corrected chi connectivity index (χ3v) is 4.85. The molecule has 0 heterocycles. The van der Waals surface area contributed by atoms with Gasteiger partial charge in [0.1, 0.15) is 11.5 Å². The van der Waals surface area contributed by atoms with Crippen molar-refractivity contribution in [2.75, 3.05) is 0 Å². The lowest BCUT2D eigenvalue weighted by Gasteiger charge is -2.20. The van der Waals surface area contributed by atoms with E-state index in [0.29, 0.717) is 17.1 Å². The maximum absolute atomic E-state index is 10.7. The van der Waals surface area contributed by atoms with Crippen LogP contribution in [0.15, 0.2) is 36.4 Å². The minimum absolute atomic E-state index is 0.158. The molecular formula is C16H15I2NO5. The van der Waals surface area contributed by atoms with Gasteiger partial charge in [0.05, 0.1) is 19.3 Å². The molecule has 6 nitrogen and oxygen atoms in total. The molecule has 4 N–H and O–H groups in total. The van der Waals surface area contributed by atoms with Crippen LogP contribution in [-0.4, -0.2) is 27.5 Å². The van der Waals surface area contributed by atoms with Crippen LogP contribution in [0.4, 0.5) is 4.79 Å². The highest BCUT2D eigenvalue weighted by molar-refractivity contribution is 14.1. The van der Waals surface area contributed by atoms with E-state index in [9.17, 15) is 15.0 Å². The Morgan fingerprint density at radius 1 is 1.17 bits per heavy atom. The number of ether oxygens (including phenoxy) is 1. The average molecular weight is 555 g/mol. The number of benzene rings is 2. The Bertz CT molecular complexity index is 713. The number of carboxylic acid groups (broad SMARTS) is 1. The number of aromatic hydroxyl groups is 1. The topological polar surface area (TPSA) is 99.0 Å². The second kappa shape index (κ2) is 8.21. The molecule has 0 aliphatic rings. The lowest BCUT2D eigenvalue weighted by Crippen LogP contribution is -2.36. The molecule has 0 radical (unpaired) electrons. The zero-order valence-corrected chi connectivity index (χ0v) is 16.8. The van der Waals surface area contributed by atoms with Gasteiger partial charge in [-0.25, -0.2) is 4.79 Å². The molecule has 0 spiro atoms. The minimum Gasteiger partial charge on any atom is -0.508 e. The molecule has 2 atom stereocenters. The van der Waals surface area contributed by atoms with Gasteiger partial charge >= 0.3 is 6.09 Å². The Hall–Kier alpha value is -1.27. The maximum atomic E-state index is 10.7. The maximum Gasteiger partial charge on any atom is 0.404 e. The van der Waals surface area contributed by atoms with Crippen molar-refractivity contribution < 1.29 is 24.9 Å². The molecule has 0 aliphatic heterocycles. The Kier molecular flexibility index (Phi) is 6.52. The molecule has 1 amide bonds. The van der Waals surface area contributed by atoms with Gasteiger partial charge in [-0.05, 0) is 94.1 Å². The molecule has 0 saturated heterocycles. The van der Waals surface area contributed by atoms with E-state index >= 15 is 0 Å². The van der Waals surface area contributed by atoms with Crippen molar-refractivity contribution in [3.63, 3.8) is 0 Å². The summed E-state index contributed by atoms with van der Waals surface area (Å²) in [5.41, 5.74) is 0.600. The number of halogens is 2. The highest BCUT2D eigenvalue weighted by atomic mass is 127. The second-order valence-electron chi connectivity index (χ2n) is 5.09. The predicted molar refractivity (Wildman–Crippen MR) is 106 cm³/mol. The van der Waals surface area contributed by atoms with E-state index in [1.54, 1.807) is 31.2 Å². The van der Waals surface area contributed by atoms with Crippen LogP contribution < -0.4 is 10.1 Å². The largest absolute Gasteiger partial charge is 0.508 e. The number of nitrogens with one attached hydrogen (secondary N) is 1. The molecule has 0 aliphatic carbocycles. The van der Waals surface area contributed by atoms with Gasteiger partial charge in [0, 0.05) is 0 Å². The van der Waals surface area contributed by atoms with E-state index in [2.05, 4.69) is 50.5 Å². The van der Waals surface area contributed by atoms with Gasteiger partial charge in [0.2, 0.25) is 0 Å². The molecule has 0 bridgehead atoms. The first-order valence-corrected chi connectivity index (χ1v) is 9.07. The number of phenols is 1. The number of hydrogen-bond donors (Lipinski definition) is 4. The van der Waals surface area contributed by atoms with E-state index in [4.69, 9.17) is 9.84 Å². The molecule has 8 heteroatoms. The van der Waals surface area contributed by atoms with Gasteiger partial charge < -0.3 is 25.4 Å². The summed E-state index contributed by atoms with van der Waals surface area (Å²) in [7, 11) is 0. The van der Waals surface area contributed by atoms with Crippen LogP contribution >= 0.6 is 45.2 Å². The zero-order valence-electron chi connectivity index (χ0n) is 12.5. The lowest BCUT2D eigenvalue weighted by molar-refractivity contribution is 0.127. The average Bonchev–Trinajstić information content (AvgIpc) is 2.51. The molecule has 0 aromatic heterocycles. The summed E-state index contributed by atoms with van der Waals surface area (Å²) in [6, 6.07) is 9.25. The Morgan fingerprint density at radius 2 is 1.71 bits per heavy atom. The normalized spacial score (nSPS) is 13.2. The van der Waals surface area contributed by atoms with Gasteiger partial charge in [-0.3, -0.25) is 0 Å². The Morgan fingerprint density at radius 3 is 2.21 bits per heavy atom. The number of rotatable bonds is 5. The smallest absolute Gasteiger partial charge is 0.404 e. The molecule has 24 heavy (non-hydrogen) atoms. The summed E-state index contributed by atoms with van der Waals surface area (Å²) in [6.45, 7) is 1.60. The van der Waals surface area contributed by atoms with Crippen molar-refractivity contribution in [2.24, 2.45) is 0 Å². The monoisotopic (exact) mass is 555 g/mol. The molecule has 2 unspecified atom stereocenters. The fourth-order valence-electron chi connectivity index (χ4n) is 2.04. The first-order valence-electron chi connectivity index (χ1n) is 6.91. The fourth-order valence-corrected chi connectivity index (χ4v) is 4.08. The van der Waals surface area contributed by atoms with E-state index in [1.165, 1.54) is 12.1 Å². The third-order valence-electron chi connectivity index (χ3n) is 3.24. The van der Waals surface area contributed by atoms with E-state index in [1.807, 2.05) is 0 Å². The van der Waals surface area contributed by atoms with Crippen molar-refractivity contribution in [2.45, 2.75) is 19.1 Å². The van der Waals surface area contributed by atoms with Gasteiger partial charge in [-0.2, -0.15) is 0 Å². The number of amides is 1. The molecule has 2 aromatic rings. The van der Waals surface area contributed by atoms with Crippen LogP contribution in [-0.2, 0) is 0 Å².